The maximum atomic E-state index is 5.06. The second-order valence-electron chi connectivity index (χ2n) is 2.26. The molecule has 0 aromatic carbocycles. The highest BCUT2D eigenvalue weighted by Gasteiger charge is 2.27. The summed E-state index contributed by atoms with van der Waals surface area (Å²) in [4.78, 5) is 0. The van der Waals surface area contributed by atoms with Gasteiger partial charge in [0, 0.05) is 0 Å². The lowest BCUT2D eigenvalue weighted by Gasteiger charge is -1.98. The van der Waals surface area contributed by atoms with Crippen molar-refractivity contribution in [2.75, 3.05) is 6.61 Å². The van der Waals surface area contributed by atoms with Crippen LogP contribution in [0, 0.1) is 5.92 Å². The molecule has 0 saturated carbocycles. The summed E-state index contributed by atoms with van der Waals surface area (Å²) in [5.74, 6) is 0.792. The van der Waals surface area contributed by atoms with Crippen molar-refractivity contribution in [3.05, 3.63) is 0 Å². The molecule has 0 aliphatic carbocycles. The van der Waals surface area contributed by atoms with Gasteiger partial charge in [0.2, 0.25) is 0 Å². The first-order valence-electron chi connectivity index (χ1n) is 2.96. The molecule has 1 aliphatic heterocycles. The smallest absolute Gasteiger partial charge is 0.0835 e. The van der Waals surface area contributed by atoms with Gasteiger partial charge in [0.25, 0.3) is 0 Å². The second-order valence-corrected chi connectivity index (χ2v) is 2.26. The van der Waals surface area contributed by atoms with Crippen LogP contribution in [0.3, 0.4) is 0 Å². The second kappa shape index (κ2) is 1.83. The molecule has 7 heavy (non-hydrogen) atoms. The fourth-order valence-corrected chi connectivity index (χ4v) is 0.647. The van der Waals surface area contributed by atoms with E-state index in [4.69, 9.17) is 4.74 Å². The minimum atomic E-state index is 0.616. The van der Waals surface area contributed by atoms with Crippen LogP contribution in [0.2, 0.25) is 0 Å². The van der Waals surface area contributed by atoms with Crippen LogP contribution in [0.15, 0.2) is 0 Å². The fraction of sp³-hybridized carbons (Fsp3) is 1.00. The van der Waals surface area contributed by atoms with Gasteiger partial charge in [-0.05, 0) is 5.92 Å². The minimum Gasteiger partial charge on any atom is -0.373 e. The van der Waals surface area contributed by atoms with Crippen LogP contribution in [-0.4, -0.2) is 12.7 Å². The van der Waals surface area contributed by atoms with Crippen LogP contribution in [0.5, 0.6) is 0 Å². The van der Waals surface area contributed by atoms with E-state index in [1.807, 2.05) is 0 Å². The average molecular weight is 100 g/mol. The molecule has 2 unspecified atom stereocenters. The maximum Gasteiger partial charge on any atom is 0.0835 e. The number of hydrogen-bond donors (Lipinski definition) is 0. The van der Waals surface area contributed by atoms with Gasteiger partial charge in [-0.15, -0.1) is 0 Å². The predicted molar refractivity (Wildman–Crippen MR) is 29.2 cm³/mol. The lowest BCUT2D eigenvalue weighted by atomic mass is 10.1. The third-order valence-electron chi connectivity index (χ3n) is 1.64. The molecule has 1 heterocycles. The lowest BCUT2D eigenvalue weighted by molar-refractivity contribution is 0.337. The van der Waals surface area contributed by atoms with Gasteiger partial charge in [-0.25, -0.2) is 0 Å². The Morgan fingerprint density at radius 3 is 2.57 bits per heavy atom. The van der Waals surface area contributed by atoms with Crippen molar-refractivity contribution in [2.45, 2.75) is 26.4 Å². The van der Waals surface area contributed by atoms with Crippen molar-refractivity contribution in [1.82, 2.24) is 0 Å². The average Bonchev–Trinajstić information content (AvgIpc) is 2.44. The largest absolute Gasteiger partial charge is 0.373 e. The minimum absolute atomic E-state index is 0.616. The molecular weight excluding hydrogens is 88.1 g/mol. The Kier molecular flexibility index (Phi) is 1.33. The molecule has 1 rings (SSSR count). The standard InChI is InChI=1S/C6H12O/c1-3-5(2)6-4-7-6/h5-6H,3-4H2,1-2H3. The maximum absolute atomic E-state index is 5.06. The van der Waals surface area contributed by atoms with Gasteiger partial charge in [0.15, 0.2) is 0 Å². The van der Waals surface area contributed by atoms with Gasteiger partial charge in [-0.2, -0.15) is 0 Å². The Morgan fingerprint density at radius 2 is 2.43 bits per heavy atom. The van der Waals surface area contributed by atoms with Gasteiger partial charge in [0.1, 0.15) is 0 Å². The highest BCUT2D eigenvalue weighted by atomic mass is 16.6. The van der Waals surface area contributed by atoms with Crippen molar-refractivity contribution < 1.29 is 4.74 Å². The van der Waals surface area contributed by atoms with E-state index in [9.17, 15) is 0 Å². The molecular formula is C6H12O. The monoisotopic (exact) mass is 100 g/mol. The molecule has 2 atom stereocenters. The summed E-state index contributed by atoms with van der Waals surface area (Å²) in [7, 11) is 0. The number of ether oxygens (including phenoxy) is 1. The SMILES string of the molecule is CCC(C)C1CO1. The van der Waals surface area contributed by atoms with E-state index >= 15 is 0 Å². The van der Waals surface area contributed by atoms with Crippen LogP contribution in [0.25, 0.3) is 0 Å². The van der Waals surface area contributed by atoms with Crippen molar-refractivity contribution in [1.29, 1.82) is 0 Å². The van der Waals surface area contributed by atoms with Crippen LogP contribution < -0.4 is 0 Å². The van der Waals surface area contributed by atoms with Crippen molar-refractivity contribution >= 4 is 0 Å². The number of hydrogen-bond acceptors (Lipinski definition) is 1. The highest BCUT2D eigenvalue weighted by Crippen LogP contribution is 2.21. The molecule has 1 fully saturated rings. The van der Waals surface area contributed by atoms with Gasteiger partial charge in [-0.3, -0.25) is 0 Å². The number of epoxide rings is 1. The molecule has 1 nitrogen and oxygen atoms in total. The fourth-order valence-electron chi connectivity index (χ4n) is 0.647. The Labute approximate surface area is 44.7 Å². The van der Waals surface area contributed by atoms with E-state index in [1.54, 1.807) is 0 Å². The molecule has 0 bridgehead atoms. The van der Waals surface area contributed by atoms with Crippen LogP contribution in [0.4, 0.5) is 0 Å². The summed E-state index contributed by atoms with van der Waals surface area (Å²) < 4.78 is 5.06. The Morgan fingerprint density at radius 1 is 1.86 bits per heavy atom. The van der Waals surface area contributed by atoms with Gasteiger partial charge >= 0.3 is 0 Å². The topological polar surface area (TPSA) is 12.5 Å². The molecule has 0 radical (unpaired) electrons. The predicted octanol–water partition coefficient (Wildman–Crippen LogP) is 1.43. The lowest BCUT2D eigenvalue weighted by Crippen LogP contribution is -1.99. The molecule has 0 amide bonds. The van der Waals surface area contributed by atoms with Gasteiger partial charge < -0.3 is 4.74 Å². The molecule has 0 spiro atoms. The summed E-state index contributed by atoms with van der Waals surface area (Å²) in [6.07, 6.45) is 1.87. The molecule has 0 aromatic heterocycles. The van der Waals surface area contributed by atoms with Gasteiger partial charge in [0.05, 0.1) is 12.7 Å². The first kappa shape index (κ1) is 5.10. The summed E-state index contributed by atoms with van der Waals surface area (Å²) >= 11 is 0. The summed E-state index contributed by atoms with van der Waals surface area (Å²) in [5.41, 5.74) is 0. The van der Waals surface area contributed by atoms with Crippen molar-refractivity contribution in [3.63, 3.8) is 0 Å². The van der Waals surface area contributed by atoms with Crippen LogP contribution in [-0.2, 0) is 4.74 Å². The van der Waals surface area contributed by atoms with E-state index in [-0.39, 0.29) is 0 Å². The molecule has 0 aromatic rings. The van der Waals surface area contributed by atoms with Crippen LogP contribution >= 0.6 is 0 Å². The quantitative estimate of drug-likeness (QED) is 0.478. The summed E-state index contributed by atoms with van der Waals surface area (Å²) in [6, 6.07) is 0. The highest BCUT2D eigenvalue weighted by molar-refractivity contribution is 4.74. The van der Waals surface area contributed by atoms with Gasteiger partial charge in [-0.1, -0.05) is 20.3 Å². The Balaban J connectivity index is 2.10. The van der Waals surface area contributed by atoms with E-state index < -0.39 is 0 Å². The van der Waals surface area contributed by atoms with Crippen LogP contribution in [0.1, 0.15) is 20.3 Å². The Bertz CT molecular complexity index is 57.2. The first-order valence-corrected chi connectivity index (χ1v) is 2.96. The molecule has 0 N–H and O–H groups in total. The zero-order valence-corrected chi connectivity index (χ0v) is 4.98. The molecule has 1 aliphatic rings. The zero-order valence-electron chi connectivity index (χ0n) is 4.98. The summed E-state index contributed by atoms with van der Waals surface area (Å²) in [6.45, 7) is 5.44. The molecule has 1 heteroatoms. The van der Waals surface area contributed by atoms with E-state index in [0.717, 1.165) is 12.5 Å². The zero-order chi connectivity index (χ0) is 5.28. The van der Waals surface area contributed by atoms with E-state index in [1.165, 1.54) is 6.42 Å². The third kappa shape index (κ3) is 1.16. The molecule has 1 saturated heterocycles. The van der Waals surface area contributed by atoms with Crippen molar-refractivity contribution in [3.8, 4) is 0 Å². The van der Waals surface area contributed by atoms with E-state index in [2.05, 4.69) is 13.8 Å². The third-order valence-corrected chi connectivity index (χ3v) is 1.64. The molecule has 42 valence electrons. The Hall–Kier alpha value is -0.0400. The number of rotatable bonds is 2. The van der Waals surface area contributed by atoms with E-state index in [0.29, 0.717) is 6.10 Å². The normalized spacial score (nSPS) is 32.6. The summed E-state index contributed by atoms with van der Waals surface area (Å²) in [5, 5.41) is 0. The van der Waals surface area contributed by atoms with Crippen molar-refractivity contribution in [2.24, 2.45) is 5.92 Å². The first-order chi connectivity index (χ1) is 3.34.